The number of anilines is 1. The molecule has 1 aliphatic rings. The van der Waals surface area contributed by atoms with Crippen LogP contribution in [-0.4, -0.2) is 17.7 Å². The van der Waals surface area contributed by atoms with E-state index in [1.165, 1.54) is 15.5 Å². The fourth-order valence-corrected chi connectivity index (χ4v) is 4.52. The molecule has 0 bridgehead atoms. The van der Waals surface area contributed by atoms with Gasteiger partial charge in [0.15, 0.2) is 0 Å². The van der Waals surface area contributed by atoms with Gasteiger partial charge in [0.05, 0.1) is 17.8 Å². The number of rotatable bonds is 3. The number of nitrogens with two attached hydrogens (primary N) is 1. The molecule has 0 saturated heterocycles. The quantitative estimate of drug-likeness (QED) is 0.938. The fraction of sp³-hybridized carbons (Fsp3) is 0.312. The smallest absolute Gasteiger partial charge is 0.249 e. The van der Waals surface area contributed by atoms with Gasteiger partial charge in [-0.25, -0.2) is 0 Å². The molecule has 1 amide bonds. The number of amides is 1. The van der Waals surface area contributed by atoms with E-state index < -0.39 is 0 Å². The number of para-hydroxylation sites is 1. The van der Waals surface area contributed by atoms with Crippen molar-refractivity contribution in [3.05, 3.63) is 46.2 Å². The summed E-state index contributed by atoms with van der Waals surface area (Å²) in [6.45, 7) is 4.15. The normalized spacial score (nSPS) is 18.1. The van der Waals surface area contributed by atoms with E-state index in [-0.39, 0.29) is 5.91 Å². The molecule has 3 nitrogen and oxygen atoms in total. The lowest BCUT2D eigenvalue weighted by molar-refractivity contribution is 0.100. The monoisotopic (exact) mass is 318 g/mol. The molecule has 5 heteroatoms. The Hall–Kier alpha value is -1.46. The Morgan fingerprint density at radius 2 is 2.24 bits per heavy atom. The first-order valence-electron chi connectivity index (χ1n) is 7.01. The highest BCUT2D eigenvalue weighted by atomic mass is 32.2. The first-order valence-corrected chi connectivity index (χ1v) is 8.77. The van der Waals surface area contributed by atoms with Crippen LogP contribution in [-0.2, 0) is 6.54 Å². The van der Waals surface area contributed by atoms with Crippen LogP contribution < -0.4 is 10.6 Å². The molecule has 110 valence electrons. The first kappa shape index (κ1) is 14.5. The highest BCUT2D eigenvalue weighted by molar-refractivity contribution is 8.00. The fourth-order valence-electron chi connectivity index (χ4n) is 2.50. The van der Waals surface area contributed by atoms with Crippen LogP contribution in [0.3, 0.4) is 0 Å². The lowest BCUT2D eigenvalue weighted by Gasteiger charge is -2.23. The predicted molar refractivity (Wildman–Crippen MR) is 90.3 cm³/mol. The second-order valence-corrected chi connectivity index (χ2v) is 7.75. The van der Waals surface area contributed by atoms with Crippen molar-refractivity contribution in [2.45, 2.75) is 30.0 Å². The summed E-state index contributed by atoms with van der Waals surface area (Å²) in [6, 6.07) is 10.5. The van der Waals surface area contributed by atoms with E-state index in [0.717, 1.165) is 19.5 Å². The highest BCUT2D eigenvalue weighted by Crippen LogP contribution is 2.38. The van der Waals surface area contributed by atoms with Crippen molar-refractivity contribution >= 4 is 34.7 Å². The average Bonchev–Trinajstić information content (AvgIpc) is 2.86. The van der Waals surface area contributed by atoms with Crippen LogP contribution in [0, 0.1) is 0 Å². The average molecular weight is 318 g/mol. The van der Waals surface area contributed by atoms with E-state index in [2.05, 4.69) is 36.1 Å². The lowest BCUT2D eigenvalue weighted by atomic mass is 10.2. The van der Waals surface area contributed by atoms with E-state index in [9.17, 15) is 4.79 Å². The number of nitrogens with zero attached hydrogens (tertiary/aromatic N) is 1. The van der Waals surface area contributed by atoms with Gasteiger partial charge in [-0.3, -0.25) is 4.79 Å². The Kier molecular flexibility index (Phi) is 4.22. The van der Waals surface area contributed by atoms with Gasteiger partial charge in [0, 0.05) is 26.9 Å². The summed E-state index contributed by atoms with van der Waals surface area (Å²) in [4.78, 5) is 16.1. The number of carbonyl (C=O) groups is 1. The third-order valence-corrected chi connectivity index (χ3v) is 5.78. The molecular weight excluding hydrogens is 300 g/mol. The van der Waals surface area contributed by atoms with Crippen molar-refractivity contribution < 1.29 is 4.79 Å². The van der Waals surface area contributed by atoms with Gasteiger partial charge < -0.3 is 10.6 Å². The molecule has 21 heavy (non-hydrogen) atoms. The Bertz CT molecular complexity index is 653. The standard InChI is InChI=1S/C16H18N2OS2/c1-11-6-7-18(14-4-2-3-5-15(14)21-11)9-13-8-12(10-20-13)16(17)19/h2-5,8,10-11H,6-7,9H2,1H3,(H2,17,19)/t11-/m0/s1. The summed E-state index contributed by atoms with van der Waals surface area (Å²) in [5.41, 5.74) is 7.24. The van der Waals surface area contributed by atoms with Crippen LogP contribution in [0.4, 0.5) is 5.69 Å². The van der Waals surface area contributed by atoms with Crippen molar-refractivity contribution in [2.24, 2.45) is 5.73 Å². The minimum Gasteiger partial charge on any atom is -0.366 e. The van der Waals surface area contributed by atoms with Crippen molar-refractivity contribution in [1.29, 1.82) is 0 Å². The van der Waals surface area contributed by atoms with E-state index in [0.29, 0.717) is 10.8 Å². The molecule has 1 aromatic carbocycles. The lowest BCUT2D eigenvalue weighted by Crippen LogP contribution is -2.23. The number of carbonyl (C=O) groups excluding carboxylic acids is 1. The van der Waals surface area contributed by atoms with Gasteiger partial charge in [0.25, 0.3) is 0 Å². The van der Waals surface area contributed by atoms with Crippen molar-refractivity contribution in [1.82, 2.24) is 0 Å². The number of primary amides is 1. The second kappa shape index (κ2) is 6.12. The summed E-state index contributed by atoms with van der Waals surface area (Å²) in [7, 11) is 0. The number of hydrogen-bond acceptors (Lipinski definition) is 4. The minimum absolute atomic E-state index is 0.349. The molecule has 0 radical (unpaired) electrons. The van der Waals surface area contributed by atoms with E-state index in [1.807, 2.05) is 23.2 Å². The molecule has 2 heterocycles. The molecule has 0 aliphatic carbocycles. The summed E-state index contributed by atoms with van der Waals surface area (Å²) < 4.78 is 0. The van der Waals surface area contributed by atoms with Crippen LogP contribution in [0.1, 0.15) is 28.6 Å². The third-order valence-electron chi connectivity index (χ3n) is 3.62. The molecule has 1 aliphatic heterocycles. The maximum absolute atomic E-state index is 11.2. The minimum atomic E-state index is -0.349. The summed E-state index contributed by atoms with van der Waals surface area (Å²) in [5.74, 6) is -0.349. The van der Waals surface area contributed by atoms with Gasteiger partial charge in [0.2, 0.25) is 5.91 Å². The molecule has 0 unspecified atom stereocenters. The molecule has 2 aromatic rings. The Morgan fingerprint density at radius 3 is 3.00 bits per heavy atom. The van der Waals surface area contributed by atoms with Crippen LogP contribution in [0.2, 0.25) is 0 Å². The molecule has 0 fully saturated rings. The largest absolute Gasteiger partial charge is 0.366 e. The molecule has 2 N–H and O–H groups in total. The van der Waals surface area contributed by atoms with Crippen molar-refractivity contribution in [2.75, 3.05) is 11.4 Å². The third kappa shape index (κ3) is 3.24. The molecule has 1 aromatic heterocycles. The maximum atomic E-state index is 11.2. The second-order valence-electron chi connectivity index (χ2n) is 5.27. The van der Waals surface area contributed by atoms with Gasteiger partial charge in [0.1, 0.15) is 0 Å². The van der Waals surface area contributed by atoms with Crippen LogP contribution in [0.25, 0.3) is 0 Å². The number of hydrogen-bond donors (Lipinski definition) is 1. The van der Waals surface area contributed by atoms with Crippen LogP contribution in [0.15, 0.2) is 40.6 Å². The predicted octanol–water partition coefficient (Wildman–Crippen LogP) is 3.74. The topological polar surface area (TPSA) is 46.3 Å². The van der Waals surface area contributed by atoms with Gasteiger partial charge in [-0.1, -0.05) is 19.1 Å². The van der Waals surface area contributed by atoms with Crippen LogP contribution >= 0.6 is 23.1 Å². The van der Waals surface area contributed by atoms with Gasteiger partial charge in [-0.05, 0) is 24.6 Å². The zero-order valence-electron chi connectivity index (χ0n) is 11.9. The van der Waals surface area contributed by atoms with Crippen LogP contribution in [0.5, 0.6) is 0 Å². The number of fused-ring (bicyclic) bond motifs is 1. The zero-order valence-corrected chi connectivity index (χ0v) is 13.5. The molecule has 1 atom stereocenters. The van der Waals surface area contributed by atoms with Gasteiger partial charge >= 0.3 is 0 Å². The Balaban J connectivity index is 1.85. The number of thiophene rings is 1. The van der Waals surface area contributed by atoms with Gasteiger partial charge in [-0.2, -0.15) is 0 Å². The van der Waals surface area contributed by atoms with Gasteiger partial charge in [-0.15, -0.1) is 23.1 Å². The van der Waals surface area contributed by atoms with Crippen molar-refractivity contribution in [3.63, 3.8) is 0 Å². The molecule has 0 spiro atoms. The number of thioether (sulfide) groups is 1. The first-order chi connectivity index (χ1) is 10.1. The summed E-state index contributed by atoms with van der Waals surface area (Å²) in [6.07, 6.45) is 1.16. The highest BCUT2D eigenvalue weighted by Gasteiger charge is 2.20. The Labute approximate surface area is 133 Å². The molecule has 0 saturated carbocycles. The summed E-state index contributed by atoms with van der Waals surface area (Å²) in [5, 5.41) is 2.47. The van der Waals surface area contributed by atoms with Crippen molar-refractivity contribution in [3.8, 4) is 0 Å². The van der Waals surface area contributed by atoms with E-state index in [1.54, 1.807) is 11.3 Å². The molecule has 3 rings (SSSR count). The SMILES string of the molecule is C[C@H]1CCN(Cc2cc(C(N)=O)cs2)c2ccccc2S1. The van der Waals surface area contributed by atoms with E-state index in [4.69, 9.17) is 5.73 Å². The summed E-state index contributed by atoms with van der Waals surface area (Å²) >= 11 is 3.55. The number of benzene rings is 1. The maximum Gasteiger partial charge on any atom is 0.249 e. The zero-order chi connectivity index (χ0) is 14.8. The van der Waals surface area contributed by atoms with E-state index >= 15 is 0 Å². The Morgan fingerprint density at radius 1 is 1.43 bits per heavy atom. The molecular formula is C16H18N2OS2.